The molecule has 2 N–H and O–H groups in total. The Balaban J connectivity index is 2.55. The summed E-state index contributed by atoms with van der Waals surface area (Å²) < 4.78 is 4.44. The summed E-state index contributed by atoms with van der Waals surface area (Å²) in [6.45, 7) is 0.751. The van der Waals surface area contributed by atoms with Crippen LogP contribution in [0, 0.1) is 0 Å². The van der Waals surface area contributed by atoms with Gasteiger partial charge < -0.3 is 15.4 Å². The molecule has 0 saturated carbocycles. The van der Waals surface area contributed by atoms with Gasteiger partial charge in [0.1, 0.15) is 6.04 Å². The summed E-state index contributed by atoms with van der Waals surface area (Å²) in [7, 11) is 1.31. The van der Waals surface area contributed by atoms with Crippen LogP contribution < -0.4 is 5.73 Å². The zero-order chi connectivity index (χ0) is 10.6. The first kappa shape index (κ1) is 10.6. The first-order chi connectivity index (χ1) is 6.65. The number of methoxy groups -OCH3 is 1. The van der Waals surface area contributed by atoms with E-state index in [0.29, 0.717) is 0 Å². The van der Waals surface area contributed by atoms with E-state index in [9.17, 15) is 9.59 Å². The molecule has 0 aliphatic carbocycles. The minimum Gasteiger partial charge on any atom is -0.466 e. The van der Waals surface area contributed by atoms with Gasteiger partial charge in [-0.05, 0) is 12.8 Å². The van der Waals surface area contributed by atoms with Gasteiger partial charge in [0.05, 0.1) is 7.11 Å². The summed E-state index contributed by atoms with van der Waals surface area (Å²) in [5.41, 5.74) is 5.20. The number of amides is 1. The maximum atomic E-state index is 11.0. The molecule has 5 nitrogen and oxygen atoms in total. The van der Waals surface area contributed by atoms with Crippen molar-refractivity contribution in [1.29, 1.82) is 0 Å². The third kappa shape index (κ3) is 2.48. The Bertz CT molecular complexity index is 263. The van der Waals surface area contributed by atoms with E-state index in [1.54, 1.807) is 11.1 Å². The molecule has 1 atom stereocenters. The predicted octanol–water partition coefficient (Wildman–Crippen LogP) is -0.377. The molecule has 1 heterocycles. The van der Waals surface area contributed by atoms with E-state index in [4.69, 9.17) is 5.73 Å². The van der Waals surface area contributed by atoms with Gasteiger partial charge in [-0.15, -0.1) is 0 Å². The van der Waals surface area contributed by atoms with Gasteiger partial charge in [-0.25, -0.2) is 4.79 Å². The Morgan fingerprint density at radius 2 is 2.29 bits per heavy atom. The molecule has 0 bridgehead atoms. The molecule has 0 aromatic rings. The number of carbonyl (C=O) groups excluding carboxylic acids is 2. The molecule has 5 heteroatoms. The molecule has 1 unspecified atom stereocenters. The Hall–Kier alpha value is -1.52. The number of primary amides is 1. The summed E-state index contributed by atoms with van der Waals surface area (Å²) >= 11 is 0. The normalized spacial score (nSPS) is 21.5. The lowest BCUT2D eigenvalue weighted by Crippen LogP contribution is -2.37. The molecule has 0 aromatic carbocycles. The Morgan fingerprint density at radius 3 is 2.86 bits per heavy atom. The predicted molar refractivity (Wildman–Crippen MR) is 50.1 cm³/mol. The Kier molecular flexibility index (Phi) is 3.50. The van der Waals surface area contributed by atoms with Crippen LogP contribution in [-0.4, -0.2) is 36.5 Å². The van der Waals surface area contributed by atoms with Crippen LogP contribution in [0.1, 0.15) is 12.8 Å². The molecule has 0 aromatic heterocycles. The van der Waals surface area contributed by atoms with E-state index in [2.05, 4.69) is 4.74 Å². The van der Waals surface area contributed by atoms with Crippen molar-refractivity contribution >= 4 is 11.9 Å². The molecule has 1 amide bonds. The second-order valence-electron chi connectivity index (χ2n) is 3.14. The topological polar surface area (TPSA) is 72.6 Å². The van der Waals surface area contributed by atoms with Crippen LogP contribution >= 0.6 is 0 Å². The SMILES string of the molecule is COC(=O)C=CN1CCCC1C(N)=O. The zero-order valence-corrected chi connectivity index (χ0v) is 8.10. The average Bonchev–Trinajstić information content (AvgIpc) is 2.62. The molecule has 1 saturated heterocycles. The van der Waals surface area contributed by atoms with E-state index in [-0.39, 0.29) is 11.9 Å². The number of ether oxygens (including phenoxy) is 1. The zero-order valence-electron chi connectivity index (χ0n) is 8.10. The van der Waals surface area contributed by atoms with E-state index in [1.807, 2.05) is 0 Å². The third-order valence-corrected chi connectivity index (χ3v) is 2.23. The second-order valence-corrected chi connectivity index (χ2v) is 3.14. The summed E-state index contributed by atoms with van der Waals surface area (Å²) in [5, 5.41) is 0. The van der Waals surface area contributed by atoms with Crippen molar-refractivity contribution in [1.82, 2.24) is 4.90 Å². The largest absolute Gasteiger partial charge is 0.466 e. The number of esters is 1. The molecule has 78 valence electrons. The number of nitrogens with zero attached hydrogens (tertiary/aromatic N) is 1. The Morgan fingerprint density at radius 1 is 1.57 bits per heavy atom. The van der Waals surface area contributed by atoms with Crippen LogP contribution in [0.4, 0.5) is 0 Å². The highest BCUT2D eigenvalue weighted by Gasteiger charge is 2.26. The van der Waals surface area contributed by atoms with Crippen molar-refractivity contribution < 1.29 is 14.3 Å². The van der Waals surface area contributed by atoms with Crippen LogP contribution in [0.5, 0.6) is 0 Å². The lowest BCUT2D eigenvalue weighted by atomic mass is 10.2. The average molecular weight is 198 g/mol. The van der Waals surface area contributed by atoms with E-state index < -0.39 is 5.97 Å². The summed E-state index contributed by atoms with van der Waals surface area (Å²) in [6, 6.07) is -0.282. The monoisotopic (exact) mass is 198 g/mol. The van der Waals surface area contributed by atoms with Crippen molar-refractivity contribution in [2.24, 2.45) is 5.73 Å². The molecule has 1 aliphatic rings. The number of hydrogen-bond acceptors (Lipinski definition) is 4. The van der Waals surface area contributed by atoms with Crippen LogP contribution in [0.3, 0.4) is 0 Å². The smallest absolute Gasteiger partial charge is 0.331 e. The Labute approximate surface area is 82.5 Å². The third-order valence-electron chi connectivity index (χ3n) is 2.23. The fourth-order valence-electron chi connectivity index (χ4n) is 1.50. The van der Waals surface area contributed by atoms with Crippen molar-refractivity contribution in [3.63, 3.8) is 0 Å². The maximum Gasteiger partial charge on any atom is 0.331 e. The molecule has 14 heavy (non-hydrogen) atoms. The van der Waals surface area contributed by atoms with Gasteiger partial charge in [-0.2, -0.15) is 0 Å². The highest BCUT2D eigenvalue weighted by molar-refractivity contribution is 5.82. The van der Waals surface area contributed by atoms with Gasteiger partial charge in [-0.1, -0.05) is 0 Å². The fourth-order valence-corrected chi connectivity index (χ4v) is 1.50. The van der Waals surface area contributed by atoms with Gasteiger partial charge >= 0.3 is 5.97 Å². The van der Waals surface area contributed by atoms with Gasteiger partial charge in [0.15, 0.2) is 0 Å². The number of nitrogens with two attached hydrogens (primary N) is 1. The first-order valence-electron chi connectivity index (χ1n) is 4.46. The van der Waals surface area contributed by atoms with Crippen LogP contribution in [0.25, 0.3) is 0 Å². The van der Waals surface area contributed by atoms with Gasteiger partial charge in [0, 0.05) is 18.8 Å². The quantitative estimate of drug-likeness (QED) is 0.495. The summed E-state index contributed by atoms with van der Waals surface area (Å²) in [6.07, 6.45) is 4.52. The minimum absolute atomic E-state index is 0.282. The van der Waals surface area contributed by atoms with Crippen molar-refractivity contribution in [3.05, 3.63) is 12.3 Å². The number of rotatable bonds is 3. The van der Waals surface area contributed by atoms with Gasteiger partial charge in [-0.3, -0.25) is 4.79 Å². The lowest BCUT2D eigenvalue weighted by Gasteiger charge is -2.18. The highest BCUT2D eigenvalue weighted by atomic mass is 16.5. The summed E-state index contributed by atoms with van der Waals surface area (Å²) in [5.74, 6) is -0.780. The van der Waals surface area contributed by atoms with Crippen LogP contribution in [0.15, 0.2) is 12.3 Å². The number of likely N-dealkylation sites (tertiary alicyclic amines) is 1. The highest BCUT2D eigenvalue weighted by Crippen LogP contribution is 2.16. The molecule has 1 rings (SSSR count). The van der Waals surface area contributed by atoms with Crippen molar-refractivity contribution in [2.45, 2.75) is 18.9 Å². The first-order valence-corrected chi connectivity index (χ1v) is 4.46. The lowest BCUT2D eigenvalue weighted by molar-refractivity contribution is -0.135. The number of carbonyl (C=O) groups is 2. The van der Waals surface area contributed by atoms with Crippen LogP contribution in [0.2, 0.25) is 0 Å². The minimum atomic E-state index is -0.430. The maximum absolute atomic E-state index is 11.0. The number of hydrogen-bond donors (Lipinski definition) is 1. The van der Waals surface area contributed by atoms with E-state index >= 15 is 0 Å². The van der Waals surface area contributed by atoms with Crippen molar-refractivity contribution in [3.8, 4) is 0 Å². The molecule has 0 spiro atoms. The molecular formula is C9H14N2O3. The second kappa shape index (κ2) is 4.64. The van der Waals surface area contributed by atoms with E-state index in [1.165, 1.54) is 13.2 Å². The molecule has 1 aliphatic heterocycles. The van der Waals surface area contributed by atoms with Crippen molar-refractivity contribution in [2.75, 3.05) is 13.7 Å². The van der Waals surface area contributed by atoms with Gasteiger partial charge in [0.2, 0.25) is 5.91 Å². The van der Waals surface area contributed by atoms with Gasteiger partial charge in [0.25, 0.3) is 0 Å². The standard InChI is InChI=1S/C9H14N2O3/c1-14-8(12)4-6-11-5-2-3-7(11)9(10)13/h4,6-7H,2-3,5H2,1H3,(H2,10,13). The van der Waals surface area contributed by atoms with E-state index in [0.717, 1.165) is 19.4 Å². The van der Waals surface area contributed by atoms with Crippen LogP contribution in [-0.2, 0) is 14.3 Å². The molecule has 0 radical (unpaired) electrons. The fraction of sp³-hybridized carbons (Fsp3) is 0.556. The molecular weight excluding hydrogens is 184 g/mol. The summed E-state index contributed by atoms with van der Waals surface area (Å²) in [4.78, 5) is 23.5. The molecule has 1 fully saturated rings.